The van der Waals surface area contributed by atoms with Gasteiger partial charge < -0.3 is 9.88 Å². The van der Waals surface area contributed by atoms with Crippen molar-refractivity contribution >= 4 is 11.6 Å². The molecule has 1 saturated carbocycles. The molecule has 1 aromatic heterocycles. The van der Waals surface area contributed by atoms with Gasteiger partial charge in [-0.25, -0.2) is 4.98 Å². The third-order valence-corrected chi connectivity index (χ3v) is 4.26. The minimum atomic E-state index is 0.615. The number of anilines is 2. The summed E-state index contributed by atoms with van der Waals surface area (Å²) >= 11 is 0. The molecule has 1 aromatic carbocycles. The second kappa shape index (κ2) is 6.12. The molecule has 3 nitrogen and oxygen atoms in total. The van der Waals surface area contributed by atoms with Crippen LogP contribution in [0.1, 0.15) is 50.6 Å². The second-order valence-electron chi connectivity index (χ2n) is 5.63. The van der Waals surface area contributed by atoms with E-state index in [1.165, 1.54) is 37.7 Å². The summed E-state index contributed by atoms with van der Waals surface area (Å²) in [5.41, 5.74) is 2.48. The fourth-order valence-electron chi connectivity index (χ4n) is 3.02. The van der Waals surface area contributed by atoms with Gasteiger partial charge in [0.25, 0.3) is 0 Å². The Balaban J connectivity index is 1.75. The molecule has 0 amide bonds. The second-order valence-corrected chi connectivity index (χ2v) is 5.63. The molecule has 3 heteroatoms. The third-order valence-electron chi connectivity index (χ3n) is 4.26. The number of rotatable bonds is 4. The van der Waals surface area contributed by atoms with Crippen LogP contribution in [0.4, 0.5) is 11.6 Å². The number of hydrogen-bond donors (Lipinski definition) is 1. The van der Waals surface area contributed by atoms with E-state index in [4.69, 9.17) is 0 Å². The van der Waals surface area contributed by atoms with Gasteiger partial charge in [0.15, 0.2) is 0 Å². The lowest BCUT2D eigenvalue weighted by atomic mass is 9.95. The molecule has 1 fully saturated rings. The van der Waals surface area contributed by atoms with Crippen LogP contribution in [0.15, 0.2) is 36.7 Å². The third kappa shape index (κ3) is 2.87. The quantitative estimate of drug-likeness (QED) is 0.872. The van der Waals surface area contributed by atoms with Crippen molar-refractivity contribution in [2.45, 2.75) is 51.5 Å². The summed E-state index contributed by atoms with van der Waals surface area (Å²) in [5, 5.41) is 3.45. The van der Waals surface area contributed by atoms with Crippen molar-refractivity contribution < 1.29 is 0 Å². The zero-order valence-corrected chi connectivity index (χ0v) is 12.2. The van der Waals surface area contributed by atoms with E-state index in [1.807, 2.05) is 6.20 Å². The van der Waals surface area contributed by atoms with Crippen LogP contribution in [0.2, 0.25) is 0 Å². The fraction of sp³-hybridized carbons (Fsp3) is 0.471. The summed E-state index contributed by atoms with van der Waals surface area (Å²) in [5.74, 6) is 0.973. The Morgan fingerprint density at radius 1 is 1.15 bits per heavy atom. The van der Waals surface area contributed by atoms with Crippen molar-refractivity contribution in [3.05, 3.63) is 42.2 Å². The zero-order chi connectivity index (χ0) is 13.8. The van der Waals surface area contributed by atoms with Crippen LogP contribution in [-0.2, 0) is 6.42 Å². The molecule has 1 N–H and O–H groups in total. The molecule has 0 bridgehead atoms. The van der Waals surface area contributed by atoms with Crippen LogP contribution in [0.25, 0.3) is 0 Å². The fourth-order valence-corrected chi connectivity index (χ4v) is 3.02. The van der Waals surface area contributed by atoms with Gasteiger partial charge in [0, 0.05) is 24.1 Å². The van der Waals surface area contributed by atoms with Crippen molar-refractivity contribution in [3.63, 3.8) is 0 Å². The molecule has 0 radical (unpaired) electrons. The molecule has 0 unspecified atom stereocenters. The first-order chi connectivity index (χ1) is 9.86. The lowest BCUT2D eigenvalue weighted by molar-refractivity contribution is 0.356. The van der Waals surface area contributed by atoms with Crippen LogP contribution in [0.3, 0.4) is 0 Å². The first kappa shape index (κ1) is 13.2. The maximum Gasteiger partial charge on any atom is 0.207 e. The van der Waals surface area contributed by atoms with Gasteiger partial charge in [-0.05, 0) is 37.0 Å². The van der Waals surface area contributed by atoms with Crippen molar-refractivity contribution in [3.8, 4) is 0 Å². The molecule has 0 spiro atoms. The Labute approximate surface area is 121 Å². The van der Waals surface area contributed by atoms with Gasteiger partial charge in [-0.1, -0.05) is 38.3 Å². The van der Waals surface area contributed by atoms with Gasteiger partial charge in [-0.3, -0.25) is 0 Å². The topological polar surface area (TPSA) is 29.9 Å². The Morgan fingerprint density at radius 2 is 1.90 bits per heavy atom. The minimum absolute atomic E-state index is 0.615. The average molecular weight is 269 g/mol. The van der Waals surface area contributed by atoms with E-state index in [-0.39, 0.29) is 0 Å². The molecule has 3 rings (SSSR count). The van der Waals surface area contributed by atoms with Gasteiger partial charge in [0.1, 0.15) is 0 Å². The number of nitrogens with one attached hydrogen (secondary N) is 1. The van der Waals surface area contributed by atoms with Crippen LogP contribution < -0.4 is 5.32 Å². The van der Waals surface area contributed by atoms with Crippen LogP contribution in [0.5, 0.6) is 0 Å². The largest absolute Gasteiger partial charge is 0.326 e. The Kier molecular flexibility index (Phi) is 4.05. The van der Waals surface area contributed by atoms with Crippen molar-refractivity contribution in [1.29, 1.82) is 0 Å². The monoisotopic (exact) mass is 269 g/mol. The molecular formula is C17H23N3. The number of benzene rings is 1. The summed E-state index contributed by atoms with van der Waals surface area (Å²) in [4.78, 5) is 4.48. The predicted octanol–water partition coefficient (Wildman–Crippen LogP) is 4.69. The van der Waals surface area contributed by atoms with Crippen molar-refractivity contribution in [1.82, 2.24) is 9.55 Å². The van der Waals surface area contributed by atoms with Gasteiger partial charge >= 0.3 is 0 Å². The van der Waals surface area contributed by atoms with Crippen LogP contribution in [0, 0.1) is 0 Å². The number of hydrogen-bond acceptors (Lipinski definition) is 2. The zero-order valence-electron chi connectivity index (χ0n) is 12.2. The van der Waals surface area contributed by atoms with Crippen LogP contribution >= 0.6 is 0 Å². The SMILES string of the molecule is CCc1ccc(Nc2nccn2C2CCCCC2)cc1. The molecule has 1 heterocycles. The highest BCUT2D eigenvalue weighted by Crippen LogP contribution is 2.30. The van der Waals surface area contributed by atoms with Gasteiger partial charge in [-0.2, -0.15) is 0 Å². The summed E-state index contributed by atoms with van der Waals surface area (Å²) in [6.45, 7) is 2.18. The van der Waals surface area contributed by atoms with E-state index in [0.29, 0.717) is 6.04 Å². The van der Waals surface area contributed by atoms with Gasteiger partial charge in [0.2, 0.25) is 5.95 Å². The maximum absolute atomic E-state index is 4.48. The van der Waals surface area contributed by atoms with Crippen LogP contribution in [-0.4, -0.2) is 9.55 Å². The van der Waals surface area contributed by atoms with Gasteiger partial charge in [-0.15, -0.1) is 0 Å². The number of imidazole rings is 1. The number of aryl methyl sites for hydroxylation is 1. The lowest BCUT2D eigenvalue weighted by Crippen LogP contribution is -2.14. The average Bonchev–Trinajstić information content (AvgIpc) is 2.97. The Bertz CT molecular complexity index is 536. The molecule has 1 aliphatic rings. The summed E-state index contributed by atoms with van der Waals surface area (Å²) in [6.07, 6.45) is 11.7. The summed E-state index contributed by atoms with van der Waals surface area (Å²) in [7, 11) is 0. The van der Waals surface area contributed by atoms with Gasteiger partial charge in [0.05, 0.1) is 0 Å². The lowest BCUT2D eigenvalue weighted by Gasteiger charge is -2.24. The Hall–Kier alpha value is -1.77. The van der Waals surface area contributed by atoms with Crippen molar-refractivity contribution in [2.24, 2.45) is 0 Å². The number of nitrogens with zero attached hydrogens (tertiary/aromatic N) is 2. The molecule has 106 valence electrons. The van der Waals surface area contributed by atoms with E-state index in [9.17, 15) is 0 Å². The van der Waals surface area contributed by atoms with E-state index in [2.05, 4.69) is 52.3 Å². The highest BCUT2D eigenvalue weighted by molar-refractivity contribution is 5.54. The van der Waals surface area contributed by atoms with E-state index >= 15 is 0 Å². The Morgan fingerprint density at radius 3 is 2.60 bits per heavy atom. The summed E-state index contributed by atoms with van der Waals surface area (Å²) < 4.78 is 2.31. The van der Waals surface area contributed by atoms with Crippen molar-refractivity contribution in [2.75, 3.05) is 5.32 Å². The molecular weight excluding hydrogens is 246 g/mol. The van der Waals surface area contributed by atoms with E-state index in [1.54, 1.807) is 0 Å². The molecule has 0 saturated heterocycles. The standard InChI is InChI=1S/C17H23N3/c1-2-14-8-10-15(11-9-14)19-17-18-12-13-20(17)16-6-4-3-5-7-16/h8-13,16H,2-7H2,1H3,(H,18,19). The highest BCUT2D eigenvalue weighted by atomic mass is 15.2. The first-order valence-corrected chi connectivity index (χ1v) is 7.75. The molecule has 0 aliphatic heterocycles. The molecule has 20 heavy (non-hydrogen) atoms. The smallest absolute Gasteiger partial charge is 0.207 e. The normalized spacial score (nSPS) is 16.2. The minimum Gasteiger partial charge on any atom is -0.326 e. The molecule has 2 aromatic rings. The molecule has 1 aliphatic carbocycles. The number of aromatic nitrogens is 2. The first-order valence-electron chi connectivity index (χ1n) is 7.75. The predicted molar refractivity (Wildman–Crippen MR) is 83.5 cm³/mol. The summed E-state index contributed by atoms with van der Waals surface area (Å²) in [6, 6.07) is 9.24. The molecule has 0 atom stereocenters. The van der Waals surface area contributed by atoms with E-state index < -0.39 is 0 Å². The van der Waals surface area contributed by atoms with E-state index in [0.717, 1.165) is 18.1 Å². The highest BCUT2D eigenvalue weighted by Gasteiger charge is 2.17. The maximum atomic E-state index is 4.48.